The standard InChI is InChI=1S/C13H19N3O/c14-10-16(7-8-17)6-5-11-9-15-13-4-2-1-3-12(11)13/h1-4,9,15,17H,5-8,10,14H2. The van der Waals surface area contributed by atoms with Crippen LogP contribution in [0.4, 0.5) is 0 Å². The van der Waals surface area contributed by atoms with Gasteiger partial charge in [0.1, 0.15) is 0 Å². The van der Waals surface area contributed by atoms with Gasteiger partial charge in [0.2, 0.25) is 0 Å². The Bertz CT molecular complexity index is 466. The molecule has 1 aromatic carbocycles. The van der Waals surface area contributed by atoms with E-state index in [1.54, 1.807) is 0 Å². The second-order valence-corrected chi connectivity index (χ2v) is 4.13. The number of aromatic amines is 1. The zero-order valence-electron chi connectivity index (χ0n) is 9.89. The van der Waals surface area contributed by atoms with Crippen LogP contribution >= 0.6 is 0 Å². The van der Waals surface area contributed by atoms with Gasteiger partial charge < -0.3 is 15.8 Å². The molecule has 0 aliphatic carbocycles. The third-order valence-corrected chi connectivity index (χ3v) is 3.05. The molecule has 4 nitrogen and oxygen atoms in total. The van der Waals surface area contributed by atoms with Crippen molar-refractivity contribution in [2.45, 2.75) is 6.42 Å². The molecule has 2 rings (SSSR count). The van der Waals surface area contributed by atoms with Crippen LogP contribution in [0.3, 0.4) is 0 Å². The van der Waals surface area contributed by atoms with Crippen LogP contribution in [-0.4, -0.2) is 41.4 Å². The maximum absolute atomic E-state index is 8.89. The van der Waals surface area contributed by atoms with Gasteiger partial charge in [-0.3, -0.25) is 4.90 Å². The third kappa shape index (κ3) is 2.85. The van der Waals surface area contributed by atoms with Gasteiger partial charge >= 0.3 is 0 Å². The molecule has 0 saturated heterocycles. The third-order valence-electron chi connectivity index (χ3n) is 3.05. The highest BCUT2D eigenvalue weighted by Gasteiger charge is 2.06. The predicted octanol–water partition coefficient (Wildman–Crippen LogP) is 0.921. The number of nitrogens with two attached hydrogens (primary N) is 1. The lowest BCUT2D eigenvalue weighted by Crippen LogP contribution is -2.34. The largest absolute Gasteiger partial charge is 0.395 e. The summed E-state index contributed by atoms with van der Waals surface area (Å²) in [5.41, 5.74) is 8.09. The SMILES string of the molecule is NCN(CCO)CCc1c[nH]c2ccccc12. The second kappa shape index (κ2) is 5.82. The number of fused-ring (bicyclic) bond motifs is 1. The van der Waals surface area contributed by atoms with Crippen molar-refractivity contribution in [2.75, 3.05) is 26.4 Å². The average Bonchev–Trinajstić information content (AvgIpc) is 2.78. The normalized spacial score (nSPS) is 11.5. The first-order valence-electron chi connectivity index (χ1n) is 5.93. The van der Waals surface area contributed by atoms with E-state index in [4.69, 9.17) is 10.8 Å². The van der Waals surface area contributed by atoms with Gasteiger partial charge in [0.25, 0.3) is 0 Å². The van der Waals surface area contributed by atoms with E-state index in [1.165, 1.54) is 16.5 Å². The number of nitrogens with one attached hydrogen (secondary N) is 1. The zero-order chi connectivity index (χ0) is 12.1. The van der Waals surface area contributed by atoms with Crippen molar-refractivity contribution in [1.29, 1.82) is 0 Å². The summed E-state index contributed by atoms with van der Waals surface area (Å²) < 4.78 is 0. The Balaban J connectivity index is 2.03. The molecule has 0 atom stereocenters. The van der Waals surface area contributed by atoms with E-state index in [-0.39, 0.29) is 6.61 Å². The number of aromatic nitrogens is 1. The Labute approximate surface area is 101 Å². The number of aliphatic hydroxyl groups excluding tert-OH is 1. The first-order chi connectivity index (χ1) is 8.35. The molecule has 1 aromatic heterocycles. The lowest BCUT2D eigenvalue weighted by molar-refractivity contribution is 0.200. The van der Waals surface area contributed by atoms with Crippen molar-refractivity contribution in [2.24, 2.45) is 5.73 Å². The van der Waals surface area contributed by atoms with Crippen LogP contribution in [0, 0.1) is 0 Å². The fourth-order valence-corrected chi connectivity index (χ4v) is 2.05. The Morgan fingerprint density at radius 2 is 2.06 bits per heavy atom. The minimum Gasteiger partial charge on any atom is -0.395 e. The molecule has 1 heterocycles. The van der Waals surface area contributed by atoms with Crippen molar-refractivity contribution in [3.05, 3.63) is 36.0 Å². The second-order valence-electron chi connectivity index (χ2n) is 4.13. The molecule has 4 heteroatoms. The topological polar surface area (TPSA) is 65.3 Å². The summed E-state index contributed by atoms with van der Waals surface area (Å²) in [5.74, 6) is 0. The monoisotopic (exact) mass is 233 g/mol. The van der Waals surface area contributed by atoms with E-state index in [2.05, 4.69) is 23.3 Å². The molecule has 17 heavy (non-hydrogen) atoms. The fraction of sp³-hybridized carbons (Fsp3) is 0.385. The van der Waals surface area contributed by atoms with Gasteiger partial charge in [-0.15, -0.1) is 0 Å². The summed E-state index contributed by atoms with van der Waals surface area (Å²) in [7, 11) is 0. The number of para-hydroxylation sites is 1. The maximum Gasteiger partial charge on any atom is 0.0558 e. The molecular formula is C13H19N3O. The molecule has 2 aromatic rings. The zero-order valence-corrected chi connectivity index (χ0v) is 9.89. The number of aliphatic hydroxyl groups is 1. The molecule has 0 amide bonds. The number of hydrogen-bond donors (Lipinski definition) is 3. The van der Waals surface area contributed by atoms with Crippen LogP contribution in [0.5, 0.6) is 0 Å². The van der Waals surface area contributed by atoms with Crippen LogP contribution in [-0.2, 0) is 6.42 Å². The van der Waals surface area contributed by atoms with Crippen LogP contribution < -0.4 is 5.73 Å². The Morgan fingerprint density at radius 3 is 2.82 bits per heavy atom. The van der Waals surface area contributed by atoms with Crippen LogP contribution in [0.2, 0.25) is 0 Å². The van der Waals surface area contributed by atoms with E-state index in [0.29, 0.717) is 13.2 Å². The fourth-order valence-electron chi connectivity index (χ4n) is 2.05. The summed E-state index contributed by atoms with van der Waals surface area (Å²) in [6.07, 6.45) is 3.00. The molecular weight excluding hydrogens is 214 g/mol. The lowest BCUT2D eigenvalue weighted by atomic mass is 10.1. The number of nitrogens with zero attached hydrogens (tertiary/aromatic N) is 1. The van der Waals surface area contributed by atoms with E-state index in [9.17, 15) is 0 Å². The maximum atomic E-state index is 8.89. The number of benzene rings is 1. The molecule has 0 fully saturated rings. The summed E-state index contributed by atoms with van der Waals surface area (Å²) in [6.45, 7) is 2.16. The van der Waals surface area contributed by atoms with E-state index in [1.807, 2.05) is 17.0 Å². The van der Waals surface area contributed by atoms with Gasteiger partial charge in [0.15, 0.2) is 0 Å². The highest BCUT2D eigenvalue weighted by Crippen LogP contribution is 2.18. The smallest absolute Gasteiger partial charge is 0.0558 e. The van der Waals surface area contributed by atoms with Gasteiger partial charge in [0, 0.05) is 36.9 Å². The van der Waals surface area contributed by atoms with Gasteiger partial charge in [-0.05, 0) is 18.1 Å². The Hall–Kier alpha value is -1.36. The van der Waals surface area contributed by atoms with Crippen LogP contribution in [0.15, 0.2) is 30.5 Å². The minimum atomic E-state index is 0.158. The molecule has 0 saturated carbocycles. The van der Waals surface area contributed by atoms with Gasteiger partial charge in [-0.1, -0.05) is 18.2 Å². The van der Waals surface area contributed by atoms with Crippen LogP contribution in [0.25, 0.3) is 10.9 Å². The van der Waals surface area contributed by atoms with E-state index in [0.717, 1.165) is 13.0 Å². The molecule has 0 spiro atoms. The molecule has 4 N–H and O–H groups in total. The molecule has 0 radical (unpaired) electrons. The van der Waals surface area contributed by atoms with E-state index < -0.39 is 0 Å². The predicted molar refractivity (Wildman–Crippen MR) is 69.7 cm³/mol. The molecule has 0 bridgehead atoms. The highest BCUT2D eigenvalue weighted by atomic mass is 16.3. The summed E-state index contributed by atoms with van der Waals surface area (Å²) in [5, 5.41) is 10.2. The number of hydrogen-bond acceptors (Lipinski definition) is 3. The number of H-pyrrole nitrogens is 1. The number of rotatable bonds is 6. The lowest BCUT2D eigenvalue weighted by Gasteiger charge is -2.18. The summed E-state index contributed by atoms with van der Waals surface area (Å²) in [4.78, 5) is 5.31. The average molecular weight is 233 g/mol. The molecule has 0 aliphatic rings. The van der Waals surface area contributed by atoms with Crippen molar-refractivity contribution in [3.8, 4) is 0 Å². The quantitative estimate of drug-likeness (QED) is 0.650. The molecule has 0 unspecified atom stereocenters. The molecule has 0 aliphatic heterocycles. The first kappa shape index (κ1) is 12.1. The highest BCUT2D eigenvalue weighted by molar-refractivity contribution is 5.83. The van der Waals surface area contributed by atoms with Gasteiger partial charge in [-0.2, -0.15) is 0 Å². The van der Waals surface area contributed by atoms with Crippen molar-refractivity contribution < 1.29 is 5.11 Å². The van der Waals surface area contributed by atoms with E-state index >= 15 is 0 Å². The summed E-state index contributed by atoms with van der Waals surface area (Å²) in [6, 6.07) is 8.28. The van der Waals surface area contributed by atoms with Gasteiger partial charge in [-0.25, -0.2) is 0 Å². The van der Waals surface area contributed by atoms with Crippen molar-refractivity contribution >= 4 is 10.9 Å². The summed E-state index contributed by atoms with van der Waals surface area (Å²) >= 11 is 0. The minimum absolute atomic E-state index is 0.158. The van der Waals surface area contributed by atoms with Crippen molar-refractivity contribution in [3.63, 3.8) is 0 Å². The Kier molecular flexibility index (Phi) is 4.14. The molecule has 92 valence electrons. The van der Waals surface area contributed by atoms with Crippen LogP contribution in [0.1, 0.15) is 5.56 Å². The Morgan fingerprint density at radius 1 is 1.24 bits per heavy atom. The first-order valence-corrected chi connectivity index (χ1v) is 5.93. The van der Waals surface area contributed by atoms with Gasteiger partial charge in [0.05, 0.1) is 6.61 Å². The van der Waals surface area contributed by atoms with Crippen molar-refractivity contribution in [1.82, 2.24) is 9.88 Å².